The van der Waals surface area contributed by atoms with Crippen LogP contribution in [0.1, 0.15) is 36.8 Å². The van der Waals surface area contributed by atoms with Crippen LogP contribution < -0.4 is 5.32 Å². The molecule has 1 N–H and O–H groups in total. The van der Waals surface area contributed by atoms with Gasteiger partial charge in [-0.05, 0) is 50.7 Å². The first-order valence-corrected chi connectivity index (χ1v) is 6.48. The maximum Gasteiger partial charge on any atom is 0.0477 e. The fourth-order valence-electron chi connectivity index (χ4n) is 1.56. The van der Waals surface area contributed by atoms with Gasteiger partial charge in [0.2, 0.25) is 0 Å². The third-order valence-electron chi connectivity index (χ3n) is 2.42. The van der Waals surface area contributed by atoms with Crippen molar-refractivity contribution in [1.82, 2.24) is 5.32 Å². The molecule has 0 spiro atoms. The first kappa shape index (κ1) is 12.7. The zero-order valence-corrected chi connectivity index (χ0v) is 10.7. The quantitative estimate of drug-likeness (QED) is 0.723. The molecule has 0 aliphatic carbocycles. The standard InChI is InChI=1S/C12H21NOS/c1-4-14-8-5-7-13-11(3)12-10(2)6-9-15-12/h6,9,11,13H,4-5,7-8H2,1-3H3. The van der Waals surface area contributed by atoms with Gasteiger partial charge < -0.3 is 10.1 Å². The zero-order chi connectivity index (χ0) is 11.1. The van der Waals surface area contributed by atoms with Crippen LogP contribution in [0.3, 0.4) is 0 Å². The van der Waals surface area contributed by atoms with Gasteiger partial charge in [-0.15, -0.1) is 11.3 Å². The molecule has 0 aliphatic rings. The van der Waals surface area contributed by atoms with Crippen molar-refractivity contribution in [2.45, 2.75) is 33.2 Å². The molecule has 1 atom stereocenters. The van der Waals surface area contributed by atoms with Crippen LogP contribution in [0.4, 0.5) is 0 Å². The number of hydrogen-bond acceptors (Lipinski definition) is 3. The van der Waals surface area contributed by atoms with Gasteiger partial charge in [-0.3, -0.25) is 0 Å². The van der Waals surface area contributed by atoms with Gasteiger partial charge in [0.1, 0.15) is 0 Å². The highest BCUT2D eigenvalue weighted by Crippen LogP contribution is 2.23. The molecule has 2 nitrogen and oxygen atoms in total. The molecule has 15 heavy (non-hydrogen) atoms. The molecule has 0 aromatic carbocycles. The van der Waals surface area contributed by atoms with E-state index in [4.69, 9.17) is 4.74 Å². The molecule has 0 bridgehead atoms. The molecule has 86 valence electrons. The van der Waals surface area contributed by atoms with Crippen LogP contribution in [0.15, 0.2) is 11.4 Å². The van der Waals surface area contributed by atoms with Crippen LogP contribution in [0.25, 0.3) is 0 Å². The van der Waals surface area contributed by atoms with Crippen LogP contribution in [0, 0.1) is 6.92 Å². The van der Waals surface area contributed by atoms with Crippen LogP contribution in [-0.4, -0.2) is 19.8 Å². The predicted molar refractivity (Wildman–Crippen MR) is 66.6 cm³/mol. The van der Waals surface area contributed by atoms with Crippen molar-refractivity contribution in [2.75, 3.05) is 19.8 Å². The largest absolute Gasteiger partial charge is 0.382 e. The molecule has 0 amide bonds. The van der Waals surface area contributed by atoms with Gasteiger partial charge in [-0.25, -0.2) is 0 Å². The Balaban J connectivity index is 2.19. The van der Waals surface area contributed by atoms with E-state index in [2.05, 4.69) is 30.6 Å². The lowest BCUT2D eigenvalue weighted by Crippen LogP contribution is -2.20. The van der Waals surface area contributed by atoms with Crippen LogP contribution >= 0.6 is 11.3 Å². The van der Waals surface area contributed by atoms with Gasteiger partial charge in [0.15, 0.2) is 0 Å². The van der Waals surface area contributed by atoms with Crippen LogP contribution in [0.2, 0.25) is 0 Å². The maximum absolute atomic E-state index is 5.29. The smallest absolute Gasteiger partial charge is 0.0477 e. The maximum atomic E-state index is 5.29. The molecule has 1 aromatic rings. The third kappa shape index (κ3) is 4.33. The van der Waals surface area contributed by atoms with E-state index in [1.165, 1.54) is 10.4 Å². The van der Waals surface area contributed by atoms with Crippen molar-refractivity contribution in [3.05, 3.63) is 21.9 Å². The molecule has 3 heteroatoms. The van der Waals surface area contributed by atoms with Gasteiger partial charge in [0.05, 0.1) is 0 Å². The van der Waals surface area contributed by atoms with Crippen molar-refractivity contribution < 1.29 is 4.74 Å². The van der Waals surface area contributed by atoms with Crippen molar-refractivity contribution in [2.24, 2.45) is 0 Å². The highest BCUT2D eigenvalue weighted by molar-refractivity contribution is 7.10. The van der Waals surface area contributed by atoms with E-state index in [0.717, 1.165) is 26.2 Å². The number of ether oxygens (including phenoxy) is 1. The number of thiophene rings is 1. The molecular formula is C12H21NOS. The Bertz CT molecular complexity index is 272. The minimum atomic E-state index is 0.464. The SMILES string of the molecule is CCOCCCNC(C)c1sccc1C. The topological polar surface area (TPSA) is 21.3 Å². The molecule has 1 unspecified atom stereocenters. The fourth-order valence-corrected chi connectivity index (χ4v) is 2.52. The molecular weight excluding hydrogens is 206 g/mol. The van der Waals surface area contributed by atoms with Crippen molar-refractivity contribution >= 4 is 11.3 Å². The van der Waals surface area contributed by atoms with E-state index in [0.29, 0.717) is 6.04 Å². The average molecular weight is 227 g/mol. The Morgan fingerprint density at radius 2 is 2.33 bits per heavy atom. The lowest BCUT2D eigenvalue weighted by atomic mass is 10.2. The molecule has 0 fully saturated rings. The van der Waals surface area contributed by atoms with E-state index in [1.807, 2.05) is 18.3 Å². The summed E-state index contributed by atoms with van der Waals surface area (Å²) in [5.41, 5.74) is 1.39. The van der Waals surface area contributed by atoms with Gasteiger partial charge in [0.25, 0.3) is 0 Å². The molecule has 0 saturated carbocycles. The molecule has 1 rings (SSSR count). The Morgan fingerprint density at radius 3 is 2.93 bits per heavy atom. The Hall–Kier alpha value is -0.380. The normalized spacial score (nSPS) is 13.0. The monoisotopic (exact) mass is 227 g/mol. The predicted octanol–water partition coefficient (Wildman–Crippen LogP) is 3.13. The second-order valence-electron chi connectivity index (χ2n) is 3.69. The Kier molecular flexibility index (Phi) is 5.91. The lowest BCUT2D eigenvalue weighted by molar-refractivity contribution is 0.144. The van der Waals surface area contributed by atoms with Crippen molar-refractivity contribution in [3.63, 3.8) is 0 Å². The molecule has 1 heterocycles. The highest BCUT2D eigenvalue weighted by atomic mass is 32.1. The number of aryl methyl sites for hydroxylation is 1. The van der Waals surface area contributed by atoms with Gasteiger partial charge in [-0.1, -0.05) is 0 Å². The lowest BCUT2D eigenvalue weighted by Gasteiger charge is -2.13. The second kappa shape index (κ2) is 6.99. The molecule has 0 saturated heterocycles. The van der Waals surface area contributed by atoms with Gasteiger partial charge in [0, 0.05) is 24.1 Å². The number of hydrogen-bond donors (Lipinski definition) is 1. The average Bonchev–Trinajstić information content (AvgIpc) is 2.64. The first-order valence-electron chi connectivity index (χ1n) is 5.60. The van der Waals surface area contributed by atoms with Crippen molar-refractivity contribution in [3.8, 4) is 0 Å². The number of rotatable bonds is 7. The van der Waals surface area contributed by atoms with E-state index >= 15 is 0 Å². The summed E-state index contributed by atoms with van der Waals surface area (Å²) < 4.78 is 5.29. The Morgan fingerprint density at radius 1 is 1.53 bits per heavy atom. The van der Waals surface area contributed by atoms with Gasteiger partial charge >= 0.3 is 0 Å². The minimum absolute atomic E-state index is 0.464. The summed E-state index contributed by atoms with van der Waals surface area (Å²) in [6, 6.07) is 2.64. The van der Waals surface area contributed by atoms with E-state index in [9.17, 15) is 0 Å². The third-order valence-corrected chi connectivity index (χ3v) is 3.62. The van der Waals surface area contributed by atoms with Crippen molar-refractivity contribution in [1.29, 1.82) is 0 Å². The fraction of sp³-hybridized carbons (Fsp3) is 0.667. The second-order valence-corrected chi connectivity index (χ2v) is 4.64. The van der Waals surface area contributed by atoms with E-state index in [1.54, 1.807) is 0 Å². The van der Waals surface area contributed by atoms with E-state index < -0.39 is 0 Å². The zero-order valence-electron chi connectivity index (χ0n) is 9.88. The van der Waals surface area contributed by atoms with E-state index in [-0.39, 0.29) is 0 Å². The number of nitrogens with one attached hydrogen (secondary N) is 1. The van der Waals surface area contributed by atoms with Gasteiger partial charge in [-0.2, -0.15) is 0 Å². The molecule has 0 radical (unpaired) electrons. The molecule has 0 aliphatic heterocycles. The summed E-state index contributed by atoms with van der Waals surface area (Å²) in [5.74, 6) is 0. The Labute approximate surface area is 96.7 Å². The molecule has 1 aromatic heterocycles. The summed E-state index contributed by atoms with van der Waals surface area (Å²) >= 11 is 1.83. The summed E-state index contributed by atoms with van der Waals surface area (Å²) in [6.45, 7) is 9.13. The summed E-state index contributed by atoms with van der Waals surface area (Å²) in [5, 5.41) is 5.67. The summed E-state index contributed by atoms with van der Waals surface area (Å²) in [7, 11) is 0. The minimum Gasteiger partial charge on any atom is -0.382 e. The van der Waals surface area contributed by atoms with Crippen LogP contribution in [0.5, 0.6) is 0 Å². The summed E-state index contributed by atoms with van der Waals surface area (Å²) in [6.07, 6.45) is 1.09. The highest BCUT2D eigenvalue weighted by Gasteiger charge is 2.08. The summed E-state index contributed by atoms with van der Waals surface area (Å²) in [4.78, 5) is 1.45. The van der Waals surface area contributed by atoms with Crippen LogP contribution in [-0.2, 0) is 4.74 Å². The first-order chi connectivity index (χ1) is 7.25.